The molecule has 0 radical (unpaired) electrons. The normalized spacial score (nSPS) is 11.8. The van der Waals surface area contributed by atoms with Crippen molar-refractivity contribution in [3.63, 3.8) is 0 Å². The van der Waals surface area contributed by atoms with E-state index in [1.165, 1.54) is 31.3 Å². The third-order valence-corrected chi connectivity index (χ3v) is 5.79. The minimum atomic E-state index is 0.156. The molecule has 0 bridgehead atoms. The number of thiophene rings is 1. The Hall–Kier alpha value is -2.63. The van der Waals surface area contributed by atoms with Crippen LogP contribution in [-0.4, -0.2) is 0 Å². The fourth-order valence-electron chi connectivity index (χ4n) is 3.25. The van der Waals surface area contributed by atoms with E-state index in [-0.39, 0.29) is 5.41 Å². The molecule has 0 aliphatic heterocycles. The summed E-state index contributed by atoms with van der Waals surface area (Å²) in [4.78, 5) is 3.49. The molecule has 0 saturated heterocycles. The third kappa shape index (κ3) is 2.71. The second kappa shape index (κ2) is 5.72. The second-order valence-electron chi connectivity index (χ2n) is 7.40. The van der Waals surface area contributed by atoms with Gasteiger partial charge in [0.2, 0.25) is 0 Å². The monoisotopic (exact) mass is 341 g/mol. The van der Waals surface area contributed by atoms with Crippen LogP contribution in [-0.2, 0) is 5.41 Å². The van der Waals surface area contributed by atoms with Gasteiger partial charge >= 0.3 is 0 Å². The highest BCUT2D eigenvalue weighted by Gasteiger charge is 2.16. The van der Waals surface area contributed by atoms with Crippen LogP contribution < -0.4 is 0 Å². The average Bonchev–Trinajstić information content (AvgIpc) is 2.99. The standard InChI is InChI=1S/C23H19NS/c1-23(2,3)16-10-13-19-21(14-16)25-20-7-5-6-18(22(19)20)15-8-11-17(24-4)12-9-15/h5-14H,1-3H3. The molecule has 3 aromatic carbocycles. The Morgan fingerprint density at radius 3 is 2.32 bits per heavy atom. The van der Waals surface area contributed by atoms with E-state index in [9.17, 15) is 0 Å². The Kier molecular flexibility index (Phi) is 3.63. The number of nitrogens with zero attached hydrogens (tertiary/aromatic N) is 1. The first-order valence-corrected chi connectivity index (χ1v) is 9.23. The molecule has 0 amide bonds. The van der Waals surface area contributed by atoms with Gasteiger partial charge in [0.25, 0.3) is 0 Å². The number of fused-ring (bicyclic) bond motifs is 3. The smallest absolute Gasteiger partial charge is 0.187 e. The van der Waals surface area contributed by atoms with Gasteiger partial charge in [-0.2, -0.15) is 0 Å². The molecular formula is C23H19NS. The minimum Gasteiger partial charge on any atom is -0.238 e. The number of rotatable bonds is 1. The highest BCUT2D eigenvalue weighted by molar-refractivity contribution is 7.25. The van der Waals surface area contributed by atoms with Crippen LogP contribution in [0.3, 0.4) is 0 Å². The van der Waals surface area contributed by atoms with Crippen LogP contribution in [0.25, 0.3) is 36.1 Å². The molecule has 0 aliphatic carbocycles. The lowest BCUT2D eigenvalue weighted by Crippen LogP contribution is -2.10. The van der Waals surface area contributed by atoms with Crippen LogP contribution in [0.1, 0.15) is 26.3 Å². The van der Waals surface area contributed by atoms with Crippen molar-refractivity contribution in [3.05, 3.63) is 77.6 Å². The van der Waals surface area contributed by atoms with Crippen LogP contribution in [0.2, 0.25) is 0 Å². The average molecular weight is 341 g/mol. The van der Waals surface area contributed by atoms with E-state index in [1.54, 1.807) is 0 Å². The van der Waals surface area contributed by atoms with Crippen molar-refractivity contribution >= 4 is 37.2 Å². The Morgan fingerprint density at radius 2 is 1.64 bits per heavy atom. The Balaban J connectivity index is 1.98. The van der Waals surface area contributed by atoms with Crippen molar-refractivity contribution in [1.29, 1.82) is 0 Å². The van der Waals surface area contributed by atoms with Gasteiger partial charge in [-0.3, -0.25) is 0 Å². The Morgan fingerprint density at radius 1 is 0.880 bits per heavy atom. The molecule has 0 atom stereocenters. The minimum absolute atomic E-state index is 0.156. The molecule has 25 heavy (non-hydrogen) atoms. The zero-order valence-electron chi connectivity index (χ0n) is 14.6. The summed E-state index contributed by atoms with van der Waals surface area (Å²) in [5, 5.41) is 2.64. The van der Waals surface area contributed by atoms with Gasteiger partial charge in [-0.25, -0.2) is 4.85 Å². The molecule has 0 saturated carbocycles. The van der Waals surface area contributed by atoms with E-state index >= 15 is 0 Å². The van der Waals surface area contributed by atoms with Crippen LogP contribution in [0.5, 0.6) is 0 Å². The number of hydrogen-bond donors (Lipinski definition) is 0. The van der Waals surface area contributed by atoms with Gasteiger partial charge in [0.1, 0.15) is 0 Å². The van der Waals surface area contributed by atoms with Gasteiger partial charge < -0.3 is 0 Å². The van der Waals surface area contributed by atoms with E-state index < -0.39 is 0 Å². The van der Waals surface area contributed by atoms with Gasteiger partial charge in [0, 0.05) is 20.2 Å². The Bertz CT molecular complexity index is 1120. The zero-order chi connectivity index (χ0) is 17.6. The summed E-state index contributed by atoms with van der Waals surface area (Å²) in [7, 11) is 0. The van der Waals surface area contributed by atoms with E-state index in [0.717, 1.165) is 5.56 Å². The molecule has 0 aliphatic rings. The summed E-state index contributed by atoms with van der Waals surface area (Å²) >= 11 is 1.86. The highest BCUT2D eigenvalue weighted by atomic mass is 32.1. The molecule has 1 aromatic heterocycles. The molecule has 0 N–H and O–H groups in total. The molecule has 122 valence electrons. The van der Waals surface area contributed by atoms with Crippen molar-refractivity contribution in [2.24, 2.45) is 0 Å². The first kappa shape index (κ1) is 15.9. The predicted molar refractivity (Wildman–Crippen MR) is 110 cm³/mol. The fraction of sp³-hybridized carbons (Fsp3) is 0.174. The zero-order valence-corrected chi connectivity index (χ0v) is 15.4. The molecule has 1 heterocycles. The first-order valence-electron chi connectivity index (χ1n) is 8.41. The van der Waals surface area contributed by atoms with Gasteiger partial charge in [-0.15, -0.1) is 11.3 Å². The van der Waals surface area contributed by atoms with Crippen LogP contribution >= 0.6 is 11.3 Å². The fourth-order valence-corrected chi connectivity index (χ4v) is 4.42. The largest absolute Gasteiger partial charge is 0.238 e. The van der Waals surface area contributed by atoms with Crippen molar-refractivity contribution in [1.82, 2.24) is 0 Å². The lowest BCUT2D eigenvalue weighted by molar-refractivity contribution is 0.591. The maximum absolute atomic E-state index is 7.13. The molecular weight excluding hydrogens is 322 g/mol. The summed E-state index contributed by atoms with van der Waals surface area (Å²) < 4.78 is 2.65. The van der Waals surface area contributed by atoms with E-state index in [0.29, 0.717) is 5.69 Å². The van der Waals surface area contributed by atoms with Crippen molar-refractivity contribution in [3.8, 4) is 11.1 Å². The summed E-state index contributed by atoms with van der Waals surface area (Å²) in [6.45, 7) is 13.9. The molecule has 0 unspecified atom stereocenters. The van der Waals surface area contributed by atoms with Crippen LogP contribution in [0.4, 0.5) is 5.69 Å². The Labute approximate surface area is 152 Å². The molecule has 2 heteroatoms. The van der Waals surface area contributed by atoms with Gasteiger partial charge in [0.15, 0.2) is 5.69 Å². The van der Waals surface area contributed by atoms with Gasteiger partial charge in [-0.1, -0.05) is 69.3 Å². The highest BCUT2D eigenvalue weighted by Crippen LogP contribution is 2.41. The topological polar surface area (TPSA) is 4.36 Å². The predicted octanol–water partition coefficient (Wildman–Crippen LogP) is 7.57. The molecule has 1 nitrogen and oxygen atoms in total. The van der Waals surface area contributed by atoms with Crippen molar-refractivity contribution in [2.75, 3.05) is 0 Å². The second-order valence-corrected chi connectivity index (χ2v) is 8.48. The third-order valence-electron chi connectivity index (χ3n) is 4.67. The quantitative estimate of drug-likeness (QED) is 0.314. The summed E-state index contributed by atoms with van der Waals surface area (Å²) in [6, 6.07) is 21.3. The van der Waals surface area contributed by atoms with E-state index in [2.05, 4.69) is 74.1 Å². The summed E-state index contributed by atoms with van der Waals surface area (Å²) in [5.41, 5.74) is 4.61. The molecule has 0 spiro atoms. The lowest BCUT2D eigenvalue weighted by Gasteiger charge is -2.18. The number of hydrogen-bond acceptors (Lipinski definition) is 1. The maximum atomic E-state index is 7.13. The van der Waals surface area contributed by atoms with Crippen LogP contribution in [0.15, 0.2) is 60.7 Å². The molecule has 0 fully saturated rings. The van der Waals surface area contributed by atoms with E-state index in [1.807, 2.05) is 23.5 Å². The van der Waals surface area contributed by atoms with Crippen molar-refractivity contribution in [2.45, 2.75) is 26.2 Å². The van der Waals surface area contributed by atoms with Crippen molar-refractivity contribution < 1.29 is 0 Å². The molecule has 4 rings (SSSR count). The van der Waals surface area contributed by atoms with E-state index in [4.69, 9.17) is 6.57 Å². The maximum Gasteiger partial charge on any atom is 0.187 e. The van der Waals surface area contributed by atoms with Gasteiger partial charge in [-0.05, 0) is 34.2 Å². The van der Waals surface area contributed by atoms with Gasteiger partial charge in [0.05, 0.1) is 6.57 Å². The van der Waals surface area contributed by atoms with Crippen LogP contribution in [0, 0.1) is 6.57 Å². The lowest BCUT2D eigenvalue weighted by atomic mass is 9.86. The number of benzene rings is 3. The summed E-state index contributed by atoms with van der Waals surface area (Å²) in [6.07, 6.45) is 0. The summed E-state index contributed by atoms with van der Waals surface area (Å²) in [5.74, 6) is 0. The SMILES string of the molecule is [C-]#[N+]c1ccc(-c2cccc3sc4cc(C(C)(C)C)ccc4c23)cc1. The first-order chi connectivity index (χ1) is 12.0. The molecule has 4 aromatic rings.